The van der Waals surface area contributed by atoms with Gasteiger partial charge >= 0.3 is 5.76 Å². The SMILES string of the molecule is CC(=O)n1c(=O)oc2ccc(C)cc21. The topological polar surface area (TPSA) is 52.2 Å². The van der Waals surface area contributed by atoms with Gasteiger partial charge in [-0.2, -0.15) is 0 Å². The van der Waals surface area contributed by atoms with Crippen molar-refractivity contribution in [2.75, 3.05) is 0 Å². The number of carbonyl (C=O) groups is 1. The van der Waals surface area contributed by atoms with E-state index < -0.39 is 5.76 Å². The van der Waals surface area contributed by atoms with Crippen LogP contribution in [0.1, 0.15) is 17.3 Å². The van der Waals surface area contributed by atoms with Gasteiger partial charge in [0.05, 0.1) is 5.52 Å². The second kappa shape index (κ2) is 2.83. The number of benzene rings is 1. The maximum atomic E-state index is 11.3. The second-order valence-electron chi connectivity index (χ2n) is 3.19. The van der Waals surface area contributed by atoms with Gasteiger partial charge in [0.25, 0.3) is 0 Å². The van der Waals surface area contributed by atoms with Crippen LogP contribution in [0.3, 0.4) is 0 Å². The fraction of sp³-hybridized carbons (Fsp3) is 0.200. The lowest BCUT2D eigenvalue weighted by Crippen LogP contribution is -2.19. The lowest BCUT2D eigenvalue weighted by Gasteiger charge is -1.95. The molecule has 4 heteroatoms. The first kappa shape index (κ1) is 8.74. The maximum Gasteiger partial charge on any atom is 0.426 e. The third-order valence-corrected chi connectivity index (χ3v) is 2.05. The molecule has 0 aliphatic heterocycles. The molecule has 0 amide bonds. The Kier molecular flexibility index (Phi) is 1.77. The Morgan fingerprint density at radius 3 is 2.79 bits per heavy atom. The van der Waals surface area contributed by atoms with Crippen LogP contribution in [0.5, 0.6) is 0 Å². The zero-order chi connectivity index (χ0) is 10.3. The number of aromatic nitrogens is 1. The van der Waals surface area contributed by atoms with E-state index in [1.165, 1.54) is 6.92 Å². The molecule has 0 spiro atoms. The van der Waals surface area contributed by atoms with E-state index in [1.807, 2.05) is 13.0 Å². The van der Waals surface area contributed by atoms with Gasteiger partial charge in [-0.3, -0.25) is 4.79 Å². The lowest BCUT2D eigenvalue weighted by molar-refractivity contribution is 0.0933. The highest BCUT2D eigenvalue weighted by Crippen LogP contribution is 2.14. The smallest absolute Gasteiger partial charge is 0.407 e. The Morgan fingerprint density at radius 1 is 1.43 bits per heavy atom. The number of fused-ring (bicyclic) bond motifs is 1. The van der Waals surface area contributed by atoms with Gasteiger partial charge in [-0.1, -0.05) is 6.07 Å². The third kappa shape index (κ3) is 1.16. The monoisotopic (exact) mass is 191 g/mol. The van der Waals surface area contributed by atoms with Crippen LogP contribution in [0.25, 0.3) is 11.1 Å². The summed E-state index contributed by atoms with van der Waals surface area (Å²) in [4.78, 5) is 22.4. The number of carbonyl (C=O) groups excluding carboxylic acids is 1. The van der Waals surface area contributed by atoms with Crippen molar-refractivity contribution in [3.8, 4) is 0 Å². The number of rotatable bonds is 0. The van der Waals surface area contributed by atoms with Crippen molar-refractivity contribution >= 4 is 17.0 Å². The van der Waals surface area contributed by atoms with E-state index in [0.717, 1.165) is 10.1 Å². The Bertz CT molecular complexity index is 562. The first-order valence-electron chi connectivity index (χ1n) is 4.23. The molecule has 14 heavy (non-hydrogen) atoms. The van der Waals surface area contributed by atoms with Crippen molar-refractivity contribution in [2.24, 2.45) is 0 Å². The number of aryl methyl sites for hydroxylation is 1. The molecule has 0 bridgehead atoms. The van der Waals surface area contributed by atoms with Gasteiger partial charge in [-0.05, 0) is 24.6 Å². The Hall–Kier alpha value is -1.84. The molecule has 0 atom stereocenters. The first-order chi connectivity index (χ1) is 6.59. The van der Waals surface area contributed by atoms with E-state index in [2.05, 4.69) is 0 Å². The Balaban J connectivity index is 2.93. The highest BCUT2D eigenvalue weighted by atomic mass is 16.4. The van der Waals surface area contributed by atoms with Crippen LogP contribution >= 0.6 is 0 Å². The molecule has 4 nitrogen and oxygen atoms in total. The van der Waals surface area contributed by atoms with Gasteiger partial charge in [0.15, 0.2) is 5.58 Å². The summed E-state index contributed by atoms with van der Waals surface area (Å²) in [6, 6.07) is 5.27. The van der Waals surface area contributed by atoms with Gasteiger partial charge in [0.1, 0.15) is 0 Å². The highest BCUT2D eigenvalue weighted by molar-refractivity contribution is 5.87. The van der Waals surface area contributed by atoms with E-state index in [4.69, 9.17) is 4.42 Å². The van der Waals surface area contributed by atoms with Gasteiger partial charge in [-0.15, -0.1) is 0 Å². The number of hydrogen-bond acceptors (Lipinski definition) is 3. The molecule has 2 aromatic rings. The van der Waals surface area contributed by atoms with Crippen LogP contribution in [0.4, 0.5) is 0 Å². The second-order valence-corrected chi connectivity index (χ2v) is 3.19. The average molecular weight is 191 g/mol. The summed E-state index contributed by atoms with van der Waals surface area (Å²) in [6.07, 6.45) is 0. The van der Waals surface area contributed by atoms with E-state index in [1.54, 1.807) is 12.1 Å². The zero-order valence-electron chi connectivity index (χ0n) is 7.90. The summed E-state index contributed by atoms with van der Waals surface area (Å²) in [5, 5.41) is 0. The standard InChI is InChI=1S/C10H9NO3/c1-6-3-4-9-8(5-6)11(7(2)12)10(13)14-9/h3-5H,1-2H3. The molecule has 0 saturated heterocycles. The Labute approximate surface area is 79.8 Å². The van der Waals surface area contributed by atoms with E-state index in [0.29, 0.717) is 11.1 Å². The lowest BCUT2D eigenvalue weighted by atomic mass is 10.2. The van der Waals surface area contributed by atoms with Crippen LogP contribution in [-0.2, 0) is 0 Å². The molecular formula is C10H9NO3. The minimum absolute atomic E-state index is 0.334. The highest BCUT2D eigenvalue weighted by Gasteiger charge is 2.11. The summed E-state index contributed by atoms with van der Waals surface area (Å²) < 4.78 is 5.93. The summed E-state index contributed by atoms with van der Waals surface area (Å²) in [5.74, 6) is -0.961. The fourth-order valence-corrected chi connectivity index (χ4v) is 1.42. The van der Waals surface area contributed by atoms with Crippen molar-refractivity contribution in [3.63, 3.8) is 0 Å². The molecule has 1 aromatic carbocycles. The van der Waals surface area contributed by atoms with Crippen LogP contribution in [-0.4, -0.2) is 10.5 Å². The molecule has 0 N–H and O–H groups in total. The molecule has 0 unspecified atom stereocenters. The summed E-state index contributed by atoms with van der Waals surface area (Å²) in [6.45, 7) is 3.22. The molecule has 0 aliphatic rings. The fourth-order valence-electron chi connectivity index (χ4n) is 1.42. The average Bonchev–Trinajstić information content (AvgIpc) is 2.40. The maximum absolute atomic E-state index is 11.3. The zero-order valence-corrected chi connectivity index (χ0v) is 7.90. The largest absolute Gasteiger partial charge is 0.426 e. The number of oxazole rings is 1. The molecule has 0 aliphatic carbocycles. The number of hydrogen-bond donors (Lipinski definition) is 0. The van der Waals surface area contributed by atoms with Gasteiger partial charge in [0, 0.05) is 6.92 Å². The normalized spacial score (nSPS) is 10.7. The van der Waals surface area contributed by atoms with Crippen molar-refractivity contribution in [2.45, 2.75) is 13.8 Å². The molecule has 0 radical (unpaired) electrons. The third-order valence-electron chi connectivity index (χ3n) is 2.05. The molecule has 72 valence electrons. The van der Waals surface area contributed by atoms with Gasteiger partial charge in [-0.25, -0.2) is 9.36 Å². The van der Waals surface area contributed by atoms with Crippen molar-refractivity contribution < 1.29 is 9.21 Å². The van der Waals surface area contributed by atoms with Crippen LogP contribution in [0, 0.1) is 6.92 Å². The van der Waals surface area contributed by atoms with Gasteiger partial charge in [0.2, 0.25) is 5.91 Å². The van der Waals surface area contributed by atoms with Gasteiger partial charge < -0.3 is 4.42 Å². The van der Waals surface area contributed by atoms with Crippen molar-refractivity contribution in [1.29, 1.82) is 0 Å². The van der Waals surface area contributed by atoms with E-state index in [-0.39, 0.29) is 5.91 Å². The van der Waals surface area contributed by atoms with Crippen molar-refractivity contribution in [1.82, 2.24) is 4.57 Å². The van der Waals surface area contributed by atoms with Crippen LogP contribution in [0.15, 0.2) is 27.4 Å². The Morgan fingerprint density at radius 2 is 2.14 bits per heavy atom. The molecule has 0 saturated carbocycles. The summed E-state index contributed by atoms with van der Waals surface area (Å²) in [7, 11) is 0. The predicted molar refractivity (Wildman–Crippen MR) is 51.5 cm³/mol. The first-order valence-corrected chi connectivity index (χ1v) is 4.23. The number of nitrogens with zero attached hydrogens (tertiary/aromatic N) is 1. The predicted octanol–water partition coefficient (Wildman–Crippen LogP) is 1.56. The van der Waals surface area contributed by atoms with Crippen LogP contribution in [0.2, 0.25) is 0 Å². The minimum atomic E-state index is -0.627. The van der Waals surface area contributed by atoms with Crippen LogP contribution < -0.4 is 5.76 Å². The quantitative estimate of drug-likeness (QED) is 0.635. The molecule has 0 fully saturated rings. The molecular weight excluding hydrogens is 182 g/mol. The van der Waals surface area contributed by atoms with Crippen molar-refractivity contribution in [3.05, 3.63) is 34.3 Å². The van der Waals surface area contributed by atoms with E-state index in [9.17, 15) is 9.59 Å². The minimum Gasteiger partial charge on any atom is -0.407 e. The molecule has 1 heterocycles. The molecule has 1 aromatic heterocycles. The molecule has 2 rings (SSSR count). The van der Waals surface area contributed by atoms with E-state index >= 15 is 0 Å². The summed E-state index contributed by atoms with van der Waals surface area (Å²) in [5.41, 5.74) is 1.95. The summed E-state index contributed by atoms with van der Waals surface area (Å²) >= 11 is 0.